The molecule has 0 unspecified atom stereocenters. The van der Waals surface area contributed by atoms with Crippen LogP contribution in [0.1, 0.15) is 17.1 Å². The maximum Gasteiger partial charge on any atom is 0.193 e. The number of thiazole rings is 1. The Bertz CT molecular complexity index is 676. The second-order valence-corrected chi connectivity index (χ2v) is 7.06. The van der Waals surface area contributed by atoms with Crippen LogP contribution in [0.2, 0.25) is 0 Å². The van der Waals surface area contributed by atoms with Crippen LogP contribution in [0, 0.1) is 6.92 Å². The van der Waals surface area contributed by atoms with Gasteiger partial charge in [-0.1, -0.05) is 6.07 Å². The molecule has 1 N–H and O–H groups in total. The average Bonchev–Trinajstić information content (AvgIpc) is 3.08. The van der Waals surface area contributed by atoms with Crippen molar-refractivity contribution in [3.63, 3.8) is 0 Å². The van der Waals surface area contributed by atoms with Gasteiger partial charge >= 0.3 is 0 Å². The van der Waals surface area contributed by atoms with Crippen LogP contribution in [0.3, 0.4) is 0 Å². The first-order chi connectivity index (χ1) is 12.3. The normalized spacial score (nSPS) is 15.5. The van der Waals surface area contributed by atoms with E-state index in [0.717, 1.165) is 63.0 Å². The van der Waals surface area contributed by atoms with Crippen LogP contribution in [0.4, 0.5) is 5.82 Å². The summed E-state index contributed by atoms with van der Waals surface area (Å²) in [6.07, 6.45) is 3.95. The average molecular weight is 359 g/mol. The quantitative estimate of drug-likeness (QED) is 0.504. The predicted molar refractivity (Wildman–Crippen MR) is 105 cm³/mol. The monoisotopic (exact) mass is 358 g/mol. The molecule has 0 radical (unpaired) electrons. The minimum Gasteiger partial charge on any atom is -0.356 e. The minimum atomic E-state index is 0.922. The van der Waals surface area contributed by atoms with E-state index in [1.54, 1.807) is 11.3 Å². The molecule has 0 aliphatic carbocycles. The molecule has 0 saturated carbocycles. The smallest absolute Gasteiger partial charge is 0.193 e. The highest BCUT2D eigenvalue weighted by atomic mass is 32.1. The molecule has 0 atom stereocenters. The number of rotatable bonds is 5. The second-order valence-electron chi connectivity index (χ2n) is 6.12. The van der Waals surface area contributed by atoms with Crippen molar-refractivity contribution in [3.05, 3.63) is 40.5 Å². The van der Waals surface area contributed by atoms with E-state index < -0.39 is 0 Å². The van der Waals surface area contributed by atoms with Gasteiger partial charge in [0.2, 0.25) is 0 Å². The lowest BCUT2D eigenvalue weighted by Crippen LogP contribution is -2.52. The standard InChI is InChI=1S/C18H26N6S/c1-15-14-25-17(22-15)7-5-9-21-18(19-2)24-12-10-23(11-13-24)16-6-3-4-8-20-16/h3-4,6,8,14H,5,7,9-13H2,1-2H3,(H,19,21). The maximum atomic E-state index is 4.51. The second kappa shape index (κ2) is 8.80. The molecule has 3 rings (SSSR count). The van der Waals surface area contributed by atoms with Gasteiger partial charge in [-0.05, 0) is 25.5 Å². The number of hydrogen-bond donors (Lipinski definition) is 1. The van der Waals surface area contributed by atoms with E-state index in [1.165, 1.54) is 5.01 Å². The van der Waals surface area contributed by atoms with E-state index in [4.69, 9.17) is 0 Å². The lowest BCUT2D eigenvalue weighted by Gasteiger charge is -2.37. The molecule has 0 aromatic carbocycles. The Morgan fingerprint density at radius 3 is 2.76 bits per heavy atom. The van der Waals surface area contributed by atoms with Gasteiger partial charge in [0.05, 0.1) is 5.01 Å². The Labute approximate surface area is 153 Å². The fraction of sp³-hybridized carbons (Fsp3) is 0.500. The first-order valence-corrected chi connectivity index (χ1v) is 9.67. The van der Waals surface area contributed by atoms with Crippen molar-refractivity contribution in [2.75, 3.05) is 44.7 Å². The van der Waals surface area contributed by atoms with Gasteiger partial charge in [0, 0.05) is 63.5 Å². The largest absolute Gasteiger partial charge is 0.356 e. The number of nitrogens with one attached hydrogen (secondary N) is 1. The lowest BCUT2D eigenvalue weighted by molar-refractivity contribution is 0.371. The third-order valence-corrected chi connectivity index (χ3v) is 5.31. The zero-order valence-electron chi connectivity index (χ0n) is 15.0. The summed E-state index contributed by atoms with van der Waals surface area (Å²) >= 11 is 1.75. The molecule has 0 spiro atoms. The number of aryl methyl sites for hydroxylation is 2. The van der Waals surface area contributed by atoms with Crippen LogP contribution in [0.25, 0.3) is 0 Å². The van der Waals surface area contributed by atoms with Gasteiger partial charge in [0.25, 0.3) is 0 Å². The van der Waals surface area contributed by atoms with Crippen LogP contribution in [0.5, 0.6) is 0 Å². The van der Waals surface area contributed by atoms with Crippen LogP contribution < -0.4 is 10.2 Å². The Balaban J connectivity index is 1.41. The summed E-state index contributed by atoms with van der Waals surface area (Å²) in [6.45, 7) is 6.83. The van der Waals surface area contributed by atoms with Crippen LogP contribution >= 0.6 is 11.3 Å². The Morgan fingerprint density at radius 1 is 1.28 bits per heavy atom. The van der Waals surface area contributed by atoms with E-state index in [9.17, 15) is 0 Å². The molecular formula is C18H26N6S. The van der Waals surface area contributed by atoms with Crippen LogP contribution in [-0.2, 0) is 6.42 Å². The van der Waals surface area contributed by atoms with Gasteiger partial charge in [0.15, 0.2) is 5.96 Å². The fourth-order valence-electron chi connectivity index (χ4n) is 2.98. The number of guanidine groups is 1. The zero-order chi connectivity index (χ0) is 17.5. The zero-order valence-corrected chi connectivity index (χ0v) is 15.8. The topological polar surface area (TPSA) is 56.7 Å². The predicted octanol–water partition coefficient (Wildman–Crippen LogP) is 2.18. The molecular weight excluding hydrogens is 332 g/mol. The molecule has 2 aromatic rings. The highest BCUT2D eigenvalue weighted by molar-refractivity contribution is 7.09. The highest BCUT2D eigenvalue weighted by Crippen LogP contribution is 2.13. The molecule has 25 heavy (non-hydrogen) atoms. The van der Waals surface area contributed by atoms with Crippen molar-refractivity contribution in [1.82, 2.24) is 20.2 Å². The van der Waals surface area contributed by atoms with E-state index >= 15 is 0 Å². The Morgan fingerprint density at radius 2 is 2.12 bits per heavy atom. The first-order valence-electron chi connectivity index (χ1n) is 8.79. The number of aromatic nitrogens is 2. The SMILES string of the molecule is CN=C(NCCCc1nc(C)cs1)N1CCN(c2ccccn2)CC1. The van der Waals surface area contributed by atoms with E-state index in [-0.39, 0.29) is 0 Å². The van der Waals surface area contributed by atoms with Gasteiger partial charge in [-0.3, -0.25) is 4.99 Å². The molecule has 3 heterocycles. The molecule has 2 aromatic heterocycles. The van der Waals surface area contributed by atoms with Crippen LogP contribution in [0.15, 0.2) is 34.8 Å². The van der Waals surface area contributed by atoms with E-state index in [2.05, 4.69) is 41.5 Å². The number of hydrogen-bond acceptors (Lipinski definition) is 5. The van der Waals surface area contributed by atoms with Gasteiger partial charge < -0.3 is 15.1 Å². The number of piperazine rings is 1. The third kappa shape index (κ3) is 4.92. The number of nitrogens with zero attached hydrogens (tertiary/aromatic N) is 5. The van der Waals surface area contributed by atoms with Gasteiger partial charge in [-0.2, -0.15) is 0 Å². The molecule has 134 valence electrons. The minimum absolute atomic E-state index is 0.922. The summed E-state index contributed by atoms with van der Waals surface area (Å²) in [5, 5.41) is 6.82. The van der Waals surface area contributed by atoms with E-state index in [1.807, 2.05) is 32.3 Å². The number of aliphatic imine (C=N–C) groups is 1. The van der Waals surface area contributed by atoms with Gasteiger partial charge in [0.1, 0.15) is 5.82 Å². The van der Waals surface area contributed by atoms with Crippen molar-refractivity contribution in [2.45, 2.75) is 19.8 Å². The van der Waals surface area contributed by atoms with Gasteiger partial charge in [-0.15, -0.1) is 11.3 Å². The molecule has 1 saturated heterocycles. The molecule has 0 bridgehead atoms. The summed E-state index contributed by atoms with van der Waals surface area (Å²) in [6, 6.07) is 6.07. The molecule has 1 fully saturated rings. The van der Waals surface area contributed by atoms with Crippen LogP contribution in [-0.4, -0.2) is 60.6 Å². The summed E-state index contributed by atoms with van der Waals surface area (Å²) in [5.74, 6) is 2.06. The maximum absolute atomic E-state index is 4.51. The van der Waals surface area contributed by atoms with E-state index in [0.29, 0.717) is 0 Å². The number of anilines is 1. The summed E-state index contributed by atoms with van der Waals surface area (Å²) in [7, 11) is 1.86. The Kier molecular flexibility index (Phi) is 6.22. The summed E-state index contributed by atoms with van der Waals surface area (Å²) < 4.78 is 0. The van der Waals surface area contributed by atoms with Crippen molar-refractivity contribution in [2.24, 2.45) is 4.99 Å². The summed E-state index contributed by atoms with van der Waals surface area (Å²) in [4.78, 5) is 18.1. The van der Waals surface area contributed by atoms with Crippen molar-refractivity contribution in [1.29, 1.82) is 0 Å². The molecule has 7 heteroatoms. The third-order valence-electron chi connectivity index (χ3n) is 4.28. The highest BCUT2D eigenvalue weighted by Gasteiger charge is 2.20. The fourth-order valence-corrected chi connectivity index (χ4v) is 3.80. The molecule has 1 aliphatic rings. The number of pyridine rings is 1. The molecule has 0 amide bonds. The van der Waals surface area contributed by atoms with Gasteiger partial charge in [-0.25, -0.2) is 9.97 Å². The van der Waals surface area contributed by atoms with Crippen molar-refractivity contribution >= 4 is 23.1 Å². The first kappa shape index (κ1) is 17.7. The molecule has 1 aliphatic heterocycles. The molecule has 6 nitrogen and oxygen atoms in total. The van der Waals surface area contributed by atoms with Crippen molar-refractivity contribution in [3.8, 4) is 0 Å². The Hall–Kier alpha value is -2.15. The lowest BCUT2D eigenvalue weighted by atomic mass is 10.3. The van der Waals surface area contributed by atoms with Crippen molar-refractivity contribution < 1.29 is 0 Å². The summed E-state index contributed by atoms with van der Waals surface area (Å²) in [5.41, 5.74) is 1.12.